The van der Waals surface area contributed by atoms with Gasteiger partial charge < -0.3 is 5.73 Å². The topological polar surface area (TPSA) is 26.0 Å². The summed E-state index contributed by atoms with van der Waals surface area (Å²) in [5, 5.41) is 0. The van der Waals surface area contributed by atoms with Gasteiger partial charge in [-0.1, -0.05) is 6.92 Å². The summed E-state index contributed by atoms with van der Waals surface area (Å²) in [4.78, 5) is 0. The maximum Gasteiger partial charge on any atom is 0.416 e. The van der Waals surface area contributed by atoms with Crippen LogP contribution in [0.5, 0.6) is 0 Å². The maximum atomic E-state index is 12.8. The molecule has 0 aromatic heterocycles. The lowest BCUT2D eigenvalue weighted by Gasteiger charge is -2.12. The first-order chi connectivity index (χ1) is 6.36. The fourth-order valence-electron chi connectivity index (χ4n) is 1.19. The number of halogens is 4. The molecule has 5 heteroatoms. The molecular formula is C9H9F4N. The second-order valence-corrected chi connectivity index (χ2v) is 2.88. The zero-order valence-corrected chi connectivity index (χ0v) is 7.45. The van der Waals surface area contributed by atoms with Crippen LogP contribution in [0.25, 0.3) is 0 Å². The van der Waals surface area contributed by atoms with E-state index in [0.29, 0.717) is 6.07 Å². The van der Waals surface area contributed by atoms with E-state index in [9.17, 15) is 17.6 Å². The molecule has 1 aromatic rings. The van der Waals surface area contributed by atoms with Crippen LogP contribution in [-0.2, 0) is 12.6 Å². The van der Waals surface area contributed by atoms with E-state index in [4.69, 9.17) is 5.73 Å². The van der Waals surface area contributed by atoms with Crippen molar-refractivity contribution in [2.75, 3.05) is 5.73 Å². The third-order valence-corrected chi connectivity index (χ3v) is 1.91. The highest BCUT2D eigenvalue weighted by Crippen LogP contribution is 2.34. The first-order valence-electron chi connectivity index (χ1n) is 4.01. The highest BCUT2D eigenvalue weighted by atomic mass is 19.4. The van der Waals surface area contributed by atoms with E-state index >= 15 is 0 Å². The van der Waals surface area contributed by atoms with Gasteiger partial charge in [0.15, 0.2) is 0 Å². The largest absolute Gasteiger partial charge is 0.416 e. The van der Waals surface area contributed by atoms with Crippen molar-refractivity contribution in [3.63, 3.8) is 0 Å². The molecular weight excluding hydrogens is 198 g/mol. The van der Waals surface area contributed by atoms with E-state index in [1.54, 1.807) is 6.92 Å². The Labute approximate surface area is 78.5 Å². The fraction of sp³-hybridized carbons (Fsp3) is 0.333. The van der Waals surface area contributed by atoms with Gasteiger partial charge in [0.2, 0.25) is 0 Å². The molecule has 1 rings (SSSR count). The van der Waals surface area contributed by atoms with Crippen LogP contribution in [0, 0.1) is 5.82 Å². The Balaban J connectivity index is 3.35. The zero-order valence-electron chi connectivity index (χ0n) is 7.45. The van der Waals surface area contributed by atoms with Gasteiger partial charge in [-0.15, -0.1) is 0 Å². The monoisotopic (exact) mass is 207 g/mol. The highest BCUT2D eigenvalue weighted by Gasteiger charge is 2.33. The lowest BCUT2D eigenvalue weighted by Crippen LogP contribution is -2.10. The number of hydrogen-bond donors (Lipinski definition) is 1. The number of nitrogen functional groups attached to an aromatic ring is 1. The minimum atomic E-state index is -4.53. The summed E-state index contributed by atoms with van der Waals surface area (Å²) in [5.41, 5.74) is 3.97. The van der Waals surface area contributed by atoms with Gasteiger partial charge in [0.25, 0.3) is 0 Å². The van der Waals surface area contributed by atoms with Crippen LogP contribution in [0.2, 0.25) is 0 Å². The molecule has 0 amide bonds. The van der Waals surface area contributed by atoms with E-state index in [2.05, 4.69) is 0 Å². The Bertz CT molecular complexity index is 343. The van der Waals surface area contributed by atoms with Gasteiger partial charge >= 0.3 is 6.18 Å². The average molecular weight is 207 g/mol. The summed E-state index contributed by atoms with van der Waals surface area (Å²) in [7, 11) is 0. The summed E-state index contributed by atoms with van der Waals surface area (Å²) < 4.78 is 49.8. The van der Waals surface area contributed by atoms with Crippen LogP contribution in [0.15, 0.2) is 12.1 Å². The number of alkyl halides is 3. The molecule has 0 aliphatic rings. The molecule has 0 saturated heterocycles. The van der Waals surface area contributed by atoms with E-state index in [1.165, 1.54) is 0 Å². The van der Waals surface area contributed by atoms with Crippen molar-refractivity contribution < 1.29 is 17.6 Å². The molecule has 0 radical (unpaired) electrons. The smallest absolute Gasteiger partial charge is 0.396 e. The van der Waals surface area contributed by atoms with E-state index < -0.39 is 17.6 Å². The van der Waals surface area contributed by atoms with Crippen molar-refractivity contribution in [2.45, 2.75) is 19.5 Å². The number of nitrogens with two attached hydrogens (primary N) is 1. The van der Waals surface area contributed by atoms with Crippen molar-refractivity contribution >= 4 is 5.69 Å². The summed E-state index contributed by atoms with van der Waals surface area (Å²) >= 11 is 0. The Morgan fingerprint density at radius 1 is 1.29 bits per heavy atom. The van der Waals surface area contributed by atoms with Crippen molar-refractivity contribution in [3.05, 3.63) is 29.1 Å². The molecule has 0 aliphatic carbocycles. The van der Waals surface area contributed by atoms with Gasteiger partial charge in [0.1, 0.15) is 5.82 Å². The molecule has 0 saturated carbocycles. The quantitative estimate of drug-likeness (QED) is 0.556. The first-order valence-corrected chi connectivity index (χ1v) is 4.01. The van der Waals surface area contributed by atoms with Crippen molar-refractivity contribution in [3.8, 4) is 0 Å². The normalized spacial score (nSPS) is 11.8. The molecule has 0 atom stereocenters. The minimum absolute atomic E-state index is 0.0106. The Kier molecular flexibility index (Phi) is 2.69. The minimum Gasteiger partial charge on any atom is -0.396 e. The fourth-order valence-corrected chi connectivity index (χ4v) is 1.19. The molecule has 78 valence electrons. The number of aryl methyl sites for hydroxylation is 1. The van der Waals surface area contributed by atoms with Crippen LogP contribution < -0.4 is 5.73 Å². The standard InChI is InChI=1S/C9H9F4N/c1-2-5-3-8(14)7(10)4-6(5)9(11,12)13/h3-4H,2,14H2,1H3. The summed E-state index contributed by atoms with van der Waals surface area (Å²) in [6.45, 7) is 1.56. The third-order valence-electron chi connectivity index (χ3n) is 1.91. The molecule has 0 heterocycles. The summed E-state index contributed by atoms with van der Waals surface area (Å²) in [5.74, 6) is -1.03. The van der Waals surface area contributed by atoms with Crippen molar-refractivity contribution in [1.82, 2.24) is 0 Å². The Hall–Kier alpha value is -1.26. The molecule has 0 bridgehead atoms. The van der Waals surface area contributed by atoms with Gasteiger partial charge in [0.05, 0.1) is 11.3 Å². The Morgan fingerprint density at radius 3 is 2.29 bits per heavy atom. The van der Waals surface area contributed by atoms with E-state index in [-0.39, 0.29) is 17.7 Å². The van der Waals surface area contributed by atoms with Crippen LogP contribution in [0.3, 0.4) is 0 Å². The third kappa shape index (κ3) is 1.97. The average Bonchev–Trinajstić information content (AvgIpc) is 2.07. The second-order valence-electron chi connectivity index (χ2n) is 2.88. The predicted molar refractivity (Wildman–Crippen MR) is 45.2 cm³/mol. The van der Waals surface area contributed by atoms with Gasteiger partial charge in [-0.3, -0.25) is 0 Å². The van der Waals surface area contributed by atoms with Crippen molar-refractivity contribution in [2.24, 2.45) is 0 Å². The molecule has 0 unspecified atom stereocenters. The van der Waals surface area contributed by atoms with Crippen LogP contribution in [0.1, 0.15) is 18.1 Å². The molecule has 1 aromatic carbocycles. The molecule has 2 N–H and O–H groups in total. The first kappa shape index (κ1) is 10.8. The zero-order chi connectivity index (χ0) is 10.9. The van der Waals surface area contributed by atoms with E-state index in [1.807, 2.05) is 0 Å². The molecule has 14 heavy (non-hydrogen) atoms. The van der Waals surface area contributed by atoms with E-state index in [0.717, 1.165) is 6.07 Å². The summed E-state index contributed by atoms with van der Waals surface area (Å²) in [6, 6.07) is 1.46. The highest BCUT2D eigenvalue weighted by molar-refractivity contribution is 5.47. The lowest BCUT2D eigenvalue weighted by molar-refractivity contribution is -0.138. The van der Waals surface area contributed by atoms with Gasteiger partial charge in [-0.05, 0) is 24.1 Å². The SMILES string of the molecule is CCc1cc(N)c(F)cc1C(F)(F)F. The van der Waals surface area contributed by atoms with Crippen LogP contribution in [0.4, 0.5) is 23.2 Å². The number of hydrogen-bond acceptors (Lipinski definition) is 1. The number of rotatable bonds is 1. The molecule has 0 fully saturated rings. The number of anilines is 1. The molecule has 0 aliphatic heterocycles. The maximum absolute atomic E-state index is 12.8. The van der Waals surface area contributed by atoms with Gasteiger partial charge in [-0.2, -0.15) is 13.2 Å². The molecule has 1 nitrogen and oxygen atoms in total. The van der Waals surface area contributed by atoms with Crippen molar-refractivity contribution in [1.29, 1.82) is 0 Å². The van der Waals surface area contributed by atoms with Gasteiger partial charge in [0, 0.05) is 0 Å². The summed E-state index contributed by atoms with van der Waals surface area (Å²) in [6.07, 6.45) is -4.36. The lowest BCUT2D eigenvalue weighted by atomic mass is 10.0. The second kappa shape index (κ2) is 3.48. The predicted octanol–water partition coefficient (Wildman–Crippen LogP) is 2.99. The van der Waals surface area contributed by atoms with Crippen LogP contribution in [-0.4, -0.2) is 0 Å². The van der Waals surface area contributed by atoms with Gasteiger partial charge in [-0.25, -0.2) is 4.39 Å². The number of benzene rings is 1. The molecule has 0 spiro atoms. The Morgan fingerprint density at radius 2 is 1.86 bits per heavy atom. The van der Waals surface area contributed by atoms with Crippen LogP contribution >= 0.6 is 0 Å².